The SMILES string of the molecule is CCc1ccc(OCC(=O)c2ccccc2NCCN(C(=O)COc2ccc(CC)cc2)c2ccccc2)cc1. The van der Waals surface area contributed by atoms with Crippen molar-refractivity contribution < 1.29 is 19.1 Å². The van der Waals surface area contributed by atoms with Crippen LogP contribution in [-0.2, 0) is 17.6 Å². The summed E-state index contributed by atoms with van der Waals surface area (Å²) < 4.78 is 11.5. The number of hydrogen-bond donors (Lipinski definition) is 1. The fraction of sp³-hybridized carbons (Fsp3) is 0.235. The van der Waals surface area contributed by atoms with E-state index in [1.807, 2.05) is 97.1 Å². The van der Waals surface area contributed by atoms with Gasteiger partial charge in [0.2, 0.25) is 5.78 Å². The maximum Gasteiger partial charge on any atom is 0.264 e. The highest BCUT2D eigenvalue weighted by Gasteiger charge is 2.17. The molecule has 0 unspecified atom stereocenters. The number of carbonyl (C=O) groups is 2. The van der Waals surface area contributed by atoms with E-state index >= 15 is 0 Å². The summed E-state index contributed by atoms with van der Waals surface area (Å²) in [7, 11) is 0. The summed E-state index contributed by atoms with van der Waals surface area (Å²) >= 11 is 0. The first-order valence-electron chi connectivity index (χ1n) is 13.7. The van der Waals surface area contributed by atoms with Gasteiger partial charge < -0.3 is 19.7 Å². The average molecular weight is 537 g/mol. The van der Waals surface area contributed by atoms with Gasteiger partial charge in [-0.25, -0.2) is 0 Å². The van der Waals surface area contributed by atoms with Crippen LogP contribution in [0, 0.1) is 0 Å². The molecule has 4 aromatic rings. The van der Waals surface area contributed by atoms with Gasteiger partial charge in [-0.15, -0.1) is 0 Å². The Balaban J connectivity index is 1.36. The highest BCUT2D eigenvalue weighted by atomic mass is 16.5. The van der Waals surface area contributed by atoms with Crippen LogP contribution in [0.4, 0.5) is 11.4 Å². The molecule has 0 aliphatic heterocycles. The predicted molar refractivity (Wildman–Crippen MR) is 161 cm³/mol. The highest BCUT2D eigenvalue weighted by molar-refractivity contribution is 6.02. The van der Waals surface area contributed by atoms with E-state index in [0.29, 0.717) is 35.8 Å². The van der Waals surface area contributed by atoms with Crippen molar-refractivity contribution in [3.05, 3.63) is 120 Å². The van der Waals surface area contributed by atoms with Crippen molar-refractivity contribution in [2.75, 3.05) is 36.5 Å². The van der Waals surface area contributed by atoms with Crippen LogP contribution in [0.2, 0.25) is 0 Å². The number of carbonyl (C=O) groups excluding carboxylic acids is 2. The maximum absolute atomic E-state index is 13.2. The van der Waals surface area contributed by atoms with Crippen molar-refractivity contribution >= 4 is 23.1 Å². The minimum Gasteiger partial charge on any atom is -0.485 e. The molecule has 1 amide bonds. The van der Waals surface area contributed by atoms with Crippen LogP contribution in [0.3, 0.4) is 0 Å². The number of para-hydroxylation sites is 2. The molecule has 4 rings (SSSR count). The molecule has 206 valence electrons. The minimum atomic E-state index is -0.153. The summed E-state index contributed by atoms with van der Waals surface area (Å²) in [6, 6.07) is 32.4. The van der Waals surface area contributed by atoms with Gasteiger partial charge in [0, 0.05) is 30.0 Å². The molecule has 0 aromatic heterocycles. The number of ether oxygens (including phenoxy) is 2. The fourth-order valence-corrected chi connectivity index (χ4v) is 4.28. The third-order valence-electron chi connectivity index (χ3n) is 6.64. The Morgan fingerprint density at radius 1 is 0.675 bits per heavy atom. The molecule has 1 N–H and O–H groups in total. The summed E-state index contributed by atoms with van der Waals surface area (Å²) in [5, 5.41) is 3.34. The molecule has 0 spiro atoms. The van der Waals surface area contributed by atoms with Gasteiger partial charge in [0.05, 0.1) is 0 Å². The summed E-state index contributed by atoms with van der Waals surface area (Å²) in [6.45, 7) is 4.89. The molecular weight excluding hydrogens is 500 g/mol. The molecule has 40 heavy (non-hydrogen) atoms. The topological polar surface area (TPSA) is 67.9 Å². The molecule has 0 saturated carbocycles. The number of benzene rings is 4. The average Bonchev–Trinajstić information content (AvgIpc) is 3.02. The molecule has 0 radical (unpaired) electrons. The van der Waals surface area contributed by atoms with Crippen LogP contribution >= 0.6 is 0 Å². The van der Waals surface area contributed by atoms with Crippen molar-refractivity contribution in [1.29, 1.82) is 0 Å². The number of rotatable bonds is 14. The van der Waals surface area contributed by atoms with Crippen molar-refractivity contribution in [3.8, 4) is 11.5 Å². The smallest absolute Gasteiger partial charge is 0.264 e. The zero-order valence-electron chi connectivity index (χ0n) is 23.1. The number of nitrogens with zero attached hydrogens (tertiary/aromatic N) is 1. The molecule has 0 fully saturated rings. The van der Waals surface area contributed by atoms with Gasteiger partial charge in [0.15, 0.2) is 13.2 Å². The lowest BCUT2D eigenvalue weighted by atomic mass is 10.1. The largest absolute Gasteiger partial charge is 0.485 e. The van der Waals surface area contributed by atoms with Gasteiger partial charge in [0.25, 0.3) is 5.91 Å². The third-order valence-corrected chi connectivity index (χ3v) is 6.64. The van der Waals surface area contributed by atoms with E-state index in [1.165, 1.54) is 11.1 Å². The Labute approximate surface area is 236 Å². The van der Waals surface area contributed by atoms with Crippen molar-refractivity contribution in [1.82, 2.24) is 0 Å². The Hall–Kier alpha value is -4.58. The van der Waals surface area contributed by atoms with E-state index in [1.54, 1.807) is 11.0 Å². The van der Waals surface area contributed by atoms with Gasteiger partial charge in [0.1, 0.15) is 11.5 Å². The normalized spacial score (nSPS) is 10.6. The molecule has 0 atom stereocenters. The number of aryl methyl sites for hydroxylation is 2. The molecule has 0 aliphatic rings. The predicted octanol–water partition coefficient (Wildman–Crippen LogP) is 6.60. The van der Waals surface area contributed by atoms with Crippen molar-refractivity contribution in [3.63, 3.8) is 0 Å². The first kappa shape index (κ1) is 28.4. The summed E-state index contributed by atoms with van der Waals surface area (Å²) in [5.41, 5.74) is 4.46. The first-order valence-corrected chi connectivity index (χ1v) is 13.7. The summed E-state index contributed by atoms with van der Waals surface area (Å²) in [4.78, 5) is 27.9. The molecule has 6 nitrogen and oxygen atoms in total. The second-order valence-electron chi connectivity index (χ2n) is 9.35. The lowest BCUT2D eigenvalue weighted by molar-refractivity contribution is -0.120. The standard InChI is InChI=1S/C34H36N2O4/c1-3-26-14-18-29(19-15-26)39-24-33(37)31-12-8-9-13-32(31)35-22-23-36(28-10-6-5-7-11-28)34(38)25-40-30-20-16-27(4-2)17-21-30/h5-21,35H,3-4,22-25H2,1-2H3. The summed E-state index contributed by atoms with van der Waals surface area (Å²) in [5.74, 6) is 1.05. The monoisotopic (exact) mass is 536 g/mol. The van der Waals surface area contributed by atoms with Crippen LogP contribution in [0.25, 0.3) is 0 Å². The Bertz CT molecular complexity index is 1370. The Morgan fingerprint density at radius 2 is 1.23 bits per heavy atom. The second kappa shape index (κ2) is 14.5. The zero-order valence-corrected chi connectivity index (χ0v) is 23.1. The van der Waals surface area contributed by atoms with Crippen molar-refractivity contribution in [2.45, 2.75) is 26.7 Å². The molecule has 6 heteroatoms. The van der Waals surface area contributed by atoms with E-state index in [2.05, 4.69) is 19.2 Å². The highest BCUT2D eigenvalue weighted by Crippen LogP contribution is 2.19. The number of hydrogen-bond acceptors (Lipinski definition) is 5. The van der Waals surface area contributed by atoms with E-state index < -0.39 is 0 Å². The minimum absolute atomic E-state index is 0.0602. The van der Waals surface area contributed by atoms with Gasteiger partial charge in [-0.1, -0.05) is 68.4 Å². The molecule has 4 aromatic carbocycles. The number of amides is 1. The molecule has 0 bridgehead atoms. The number of Topliss-reactive ketones (excluding diaryl/α,β-unsaturated/α-hetero) is 1. The van der Waals surface area contributed by atoms with Gasteiger partial charge in [-0.3, -0.25) is 9.59 Å². The third kappa shape index (κ3) is 7.96. The van der Waals surface area contributed by atoms with E-state index in [0.717, 1.165) is 18.5 Å². The first-order chi connectivity index (χ1) is 19.6. The Kier molecular flexibility index (Phi) is 10.3. The van der Waals surface area contributed by atoms with Crippen LogP contribution in [0.15, 0.2) is 103 Å². The van der Waals surface area contributed by atoms with E-state index in [-0.39, 0.29) is 24.9 Å². The van der Waals surface area contributed by atoms with Gasteiger partial charge in [-0.05, 0) is 72.5 Å². The molecule has 0 saturated heterocycles. The maximum atomic E-state index is 13.2. The number of anilines is 2. The van der Waals surface area contributed by atoms with E-state index in [4.69, 9.17) is 9.47 Å². The van der Waals surface area contributed by atoms with E-state index in [9.17, 15) is 9.59 Å². The van der Waals surface area contributed by atoms with Gasteiger partial charge >= 0.3 is 0 Å². The molecule has 0 aliphatic carbocycles. The van der Waals surface area contributed by atoms with Crippen LogP contribution in [-0.4, -0.2) is 38.0 Å². The van der Waals surface area contributed by atoms with Crippen molar-refractivity contribution in [2.24, 2.45) is 0 Å². The van der Waals surface area contributed by atoms with Gasteiger partial charge in [-0.2, -0.15) is 0 Å². The van der Waals surface area contributed by atoms with Crippen LogP contribution in [0.5, 0.6) is 11.5 Å². The lowest BCUT2D eigenvalue weighted by Gasteiger charge is -2.24. The Morgan fingerprint density at radius 3 is 1.82 bits per heavy atom. The molecule has 0 heterocycles. The second-order valence-corrected chi connectivity index (χ2v) is 9.35. The number of nitrogens with one attached hydrogen (secondary N) is 1. The van der Waals surface area contributed by atoms with Crippen LogP contribution in [0.1, 0.15) is 35.3 Å². The number of ketones is 1. The van der Waals surface area contributed by atoms with Crippen LogP contribution < -0.4 is 19.7 Å². The summed E-state index contributed by atoms with van der Waals surface area (Å²) in [6.07, 6.45) is 1.90. The molecular formula is C34H36N2O4. The zero-order chi connectivity index (χ0) is 28.2. The lowest BCUT2D eigenvalue weighted by Crippen LogP contribution is -2.38. The fourth-order valence-electron chi connectivity index (χ4n) is 4.28. The quantitative estimate of drug-likeness (QED) is 0.184.